The van der Waals surface area contributed by atoms with Crippen LogP contribution in [0.1, 0.15) is 54.9 Å². The highest BCUT2D eigenvalue weighted by atomic mass is 79.9. The third-order valence-electron chi connectivity index (χ3n) is 6.64. The Labute approximate surface area is 323 Å². The second-order valence-electron chi connectivity index (χ2n) is 11.4. The topological polar surface area (TPSA) is 78.0 Å². The van der Waals surface area contributed by atoms with Crippen LogP contribution in [-0.4, -0.2) is 71.0 Å². The summed E-state index contributed by atoms with van der Waals surface area (Å²) in [6.07, 6.45) is 1.20. The molecule has 4 rings (SSSR count). The number of aromatic nitrogens is 1. The van der Waals surface area contributed by atoms with Gasteiger partial charge in [0.25, 0.3) is 0 Å². The SMILES string of the molecule is COc1c(Br)cc(-c2csc(C3CCN(C(=O)OC(C)(C)C)CC3)n2)cc1SC(F)(F)F.COc1c(Br)cc(C(=O)CBr)cc1SC(F)(F)F. The van der Waals surface area contributed by atoms with Gasteiger partial charge in [-0.1, -0.05) is 15.9 Å². The molecular formula is C31H31Br3F6N2O5S3. The minimum Gasteiger partial charge on any atom is -0.494 e. The van der Waals surface area contributed by atoms with E-state index in [1.165, 1.54) is 43.8 Å². The molecule has 50 heavy (non-hydrogen) atoms. The Morgan fingerprint density at radius 3 is 1.90 bits per heavy atom. The van der Waals surface area contributed by atoms with Crippen LogP contribution in [0.2, 0.25) is 0 Å². The lowest BCUT2D eigenvalue weighted by molar-refractivity contribution is -0.0337. The minimum absolute atomic E-state index is 0.0235. The zero-order chi connectivity index (χ0) is 37.6. The molecule has 0 radical (unpaired) electrons. The zero-order valence-electron chi connectivity index (χ0n) is 27.1. The van der Waals surface area contributed by atoms with Crippen LogP contribution in [0.4, 0.5) is 31.1 Å². The normalized spacial score (nSPS) is 14.2. The lowest BCUT2D eigenvalue weighted by Crippen LogP contribution is -2.41. The number of amides is 1. The molecular weight excluding hydrogens is 930 g/mol. The number of halogens is 9. The molecule has 1 aliphatic rings. The maximum atomic E-state index is 13.0. The van der Waals surface area contributed by atoms with E-state index in [2.05, 4.69) is 47.8 Å². The number of rotatable bonds is 8. The highest BCUT2D eigenvalue weighted by Crippen LogP contribution is 2.47. The van der Waals surface area contributed by atoms with E-state index in [1.54, 1.807) is 11.0 Å². The van der Waals surface area contributed by atoms with Crippen molar-refractivity contribution in [2.45, 2.75) is 65.9 Å². The number of benzene rings is 2. The molecule has 0 unspecified atom stereocenters. The Morgan fingerprint density at radius 2 is 1.42 bits per heavy atom. The van der Waals surface area contributed by atoms with Crippen molar-refractivity contribution in [3.8, 4) is 22.8 Å². The number of carbonyl (C=O) groups excluding carboxylic acids is 2. The van der Waals surface area contributed by atoms with Crippen LogP contribution < -0.4 is 9.47 Å². The minimum atomic E-state index is -4.44. The van der Waals surface area contributed by atoms with Crippen LogP contribution in [0.3, 0.4) is 0 Å². The van der Waals surface area contributed by atoms with Gasteiger partial charge >= 0.3 is 17.1 Å². The molecule has 19 heteroatoms. The molecule has 0 saturated carbocycles. The summed E-state index contributed by atoms with van der Waals surface area (Å²) in [6.45, 7) is 6.67. The summed E-state index contributed by atoms with van der Waals surface area (Å²) < 4.78 is 92.4. The first-order valence-electron chi connectivity index (χ1n) is 14.4. The summed E-state index contributed by atoms with van der Waals surface area (Å²) in [6, 6.07) is 5.77. The van der Waals surface area contributed by atoms with Crippen molar-refractivity contribution < 1.29 is 50.1 Å². The fourth-order valence-corrected chi connectivity index (χ4v) is 8.84. The average molecular weight is 961 g/mol. The maximum absolute atomic E-state index is 13.0. The maximum Gasteiger partial charge on any atom is 0.446 e. The van der Waals surface area contributed by atoms with E-state index in [0.29, 0.717) is 33.3 Å². The number of thioether (sulfide) groups is 2. The number of alkyl halides is 7. The second kappa shape index (κ2) is 17.9. The number of thiazole rings is 1. The smallest absolute Gasteiger partial charge is 0.446 e. The largest absolute Gasteiger partial charge is 0.494 e. The van der Waals surface area contributed by atoms with E-state index in [0.717, 1.165) is 17.8 Å². The van der Waals surface area contributed by atoms with Crippen LogP contribution in [0, 0.1) is 0 Å². The first-order valence-corrected chi connectivity index (χ1v) is 19.7. The van der Waals surface area contributed by atoms with Crippen LogP contribution in [0.5, 0.6) is 11.5 Å². The lowest BCUT2D eigenvalue weighted by atomic mass is 9.98. The Balaban J connectivity index is 0.000000319. The van der Waals surface area contributed by atoms with Crippen LogP contribution >= 0.6 is 82.7 Å². The molecule has 1 saturated heterocycles. The Bertz CT molecular complexity index is 1660. The summed E-state index contributed by atoms with van der Waals surface area (Å²) in [4.78, 5) is 30.0. The van der Waals surface area contributed by atoms with Crippen molar-refractivity contribution in [2.75, 3.05) is 32.6 Å². The fourth-order valence-electron chi connectivity index (χ4n) is 4.56. The Kier molecular flexibility index (Phi) is 15.3. The molecule has 2 heterocycles. The Hall–Kier alpha value is -1.67. The lowest BCUT2D eigenvalue weighted by Gasteiger charge is -2.32. The molecule has 276 valence electrons. The molecule has 1 aromatic heterocycles. The number of carbonyl (C=O) groups is 2. The van der Waals surface area contributed by atoms with Crippen molar-refractivity contribution in [1.82, 2.24) is 9.88 Å². The number of piperidine rings is 1. The second-order valence-corrected chi connectivity index (χ2v) is 16.8. The predicted octanol–water partition coefficient (Wildman–Crippen LogP) is 12.0. The van der Waals surface area contributed by atoms with Gasteiger partial charge in [0, 0.05) is 35.5 Å². The number of Topliss-reactive ketones (excluding diaryl/α,β-unsaturated/α-hetero) is 1. The molecule has 0 aliphatic carbocycles. The fraction of sp³-hybridized carbons (Fsp3) is 0.452. The van der Waals surface area contributed by atoms with Crippen molar-refractivity contribution >= 4 is 94.5 Å². The van der Waals surface area contributed by atoms with E-state index >= 15 is 0 Å². The molecule has 2 aromatic carbocycles. The van der Waals surface area contributed by atoms with Gasteiger partial charge in [0.15, 0.2) is 5.78 Å². The zero-order valence-corrected chi connectivity index (χ0v) is 34.3. The van der Waals surface area contributed by atoms with Gasteiger partial charge in [-0.15, -0.1) is 11.3 Å². The van der Waals surface area contributed by atoms with E-state index in [4.69, 9.17) is 19.2 Å². The van der Waals surface area contributed by atoms with Crippen LogP contribution in [0.15, 0.2) is 48.4 Å². The van der Waals surface area contributed by atoms with E-state index < -0.39 is 16.6 Å². The number of ether oxygens (including phenoxy) is 3. The van der Waals surface area contributed by atoms with Crippen molar-refractivity contribution in [1.29, 1.82) is 0 Å². The van der Waals surface area contributed by atoms with Gasteiger partial charge in [0.05, 0.1) is 49.0 Å². The van der Waals surface area contributed by atoms with E-state index in [1.807, 2.05) is 26.2 Å². The molecule has 1 fully saturated rings. The Morgan fingerprint density at radius 1 is 0.900 bits per heavy atom. The molecule has 0 bridgehead atoms. The van der Waals surface area contributed by atoms with Gasteiger partial charge in [0.2, 0.25) is 0 Å². The number of likely N-dealkylation sites (tertiary alicyclic amines) is 1. The van der Waals surface area contributed by atoms with Crippen molar-refractivity contribution in [2.24, 2.45) is 0 Å². The number of hydrogen-bond acceptors (Lipinski definition) is 9. The molecule has 1 aliphatic heterocycles. The first kappa shape index (κ1) is 42.7. The first-order chi connectivity index (χ1) is 23.1. The van der Waals surface area contributed by atoms with Gasteiger partial charge < -0.3 is 19.1 Å². The third-order valence-corrected chi connectivity index (χ3v) is 10.8. The highest BCUT2D eigenvalue weighted by Gasteiger charge is 2.33. The standard InChI is InChI=1S/C21H24BrF3N2O3S2.C10H7Br2F3O2S/c1-20(2,3)30-19(28)27-7-5-12(6-8-27)18-26-15(11-31-18)13-9-14(22)17(29-4)16(10-13)32-21(23,24)25;1-17-9-6(12)2-5(7(16)4-11)3-8(9)18-10(13,14)15/h9-12H,5-8H2,1-4H3;2-3H,4H2,1H3. The number of nitrogens with zero attached hydrogens (tertiary/aromatic N) is 2. The summed E-state index contributed by atoms with van der Waals surface area (Å²) in [5, 5.41) is 2.81. The third kappa shape index (κ3) is 12.8. The number of ketones is 1. The summed E-state index contributed by atoms with van der Waals surface area (Å²) in [5.74, 6) is 0.0880. The average Bonchev–Trinajstić information content (AvgIpc) is 3.49. The van der Waals surface area contributed by atoms with Gasteiger partial charge in [0.1, 0.15) is 17.1 Å². The highest BCUT2D eigenvalue weighted by molar-refractivity contribution is 9.11. The molecule has 0 spiro atoms. The molecule has 0 N–H and O–H groups in total. The van der Waals surface area contributed by atoms with Crippen LogP contribution in [0.25, 0.3) is 11.3 Å². The summed E-state index contributed by atoms with van der Waals surface area (Å²) >= 11 is 10.3. The molecule has 0 atom stereocenters. The quantitative estimate of drug-likeness (QED) is 0.0956. The van der Waals surface area contributed by atoms with Crippen molar-refractivity contribution in [3.05, 3.63) is 49.2 Å². The van der Waals surface area contributed by atoms with Gasteiger partial charge in [-0.05, 0) is 113 Å². The number of methoxy groups -OCH3 is 2. The van der Waals surface area contributed by atoms with Gasteiger partial charge in [-0.25, -0.2) is 9.78 Å². The molecule has 3 aromatic rings. The van der Waals surface area contributed by atoms with Gasteiger partial charge in [-0.3, -0.25) is 4.79 Å². The number of hydrogen-bond donors (Lipinski definition) is 0. The van der Waals surface area contributed by atoms with E-state index in [9.17, 15) is 35.9 Å². The molecule has 1 amide bonds. The predicted molar refractivity (Wildman–Crippen MR) is 194 cm³/mol. The molecule has 7 nitrogen and oxygen atoms in total. The van der Waals surface area contributed by atoms with Crippen molar-refractivity contribution in [3.63, 3.8) is 0 Å². The summed E-state index contributed by atoms with van der Waals surface area (Å²) in [7, 11) is 2.61. The summed E-state index contributed by atoms with van der Waals surface area (Å²) in [5.41, 5.74) is -8.02. The van der Waals surface area contributed by atoms with E-state index in [-0.39, 0.29) is 73.5 Å². The monoisotopic (exact) mass is 958 g/mol. The van der Waals surface area contributed by atoms with Crippen LogP contribution in [-0.2, 0) is 4.74 Å². The van der Waals surface area contributed by atoms with Gasteiger partial charge in [-0.2, -0.15) is 26.3 Å².